The van der Waals surface area contributed by atoms with Crippen molar-refractivity contribution in [2.75, 3.05) is 0 Å². The fraction of sp³-hybridized carbons (Fsp3) is 0.333. The Balaban J connectivity index is 1.93. The first-order valence-electron chi connectivity index (χ1n) is 6.91. The molecule has 2 heterocycles. The van der Waals surface area contributed by atoms with Crippen LogP contribution in [0.1, 0.15) is 30.5 Å². The number of nitrogens with one attached hydrogen (secondary N) is 3. The molecule has 6 heteroatoms. The van der Waals surface area contributed by atoms with Crippen LogP contribution in [0.4, 0.5) is 0 Å². The number of hydrogen-bond donors (Lipinski definition) is 3. The van der Waals surface area contributed by atoms with Crippen LogP contribution in [-0.2, 0) is 13.0 Å². The summed E-state index contributed by atoms with van der Waals surface area (Å²) in [5, 5.41) is 3.35. The first-order chi connectivity index (χ1) is 10.0. The van der Waals surface area contributed by atoms with Gasteiger partial charge in [0, 0.05) is 19.0 Å². The largest absolute Gasteiger partial charge is 0.440 e. The Labute approximate surface area is 121 Å². The lowest BCUT2D eigenvalue weighted by atomic mass is 10.0. The zero-order chi connectivity index (χ0) is 15.0. The van der Waals surface area contributed by atoms with Crippen molar-refractivity contribution in [1.29, 1.82) is 0 Å². The number of fused-ring (bicyclic) bond motifs is 2. The lowest BCUT2D eigenvalue weighted by molar-refractivity contribution is 0.434. The number of aromatic amines is 2. The van der Waals surface area contributed by atoms with Crippen LogP contribution in [0.3, 0.4) is 0 Å². The Hall–Kier alpha value is -2.34. The van der Waals surface area contributed by atoms with Crippen molar-refractivity contribution in [3.63, 3.8) is 0 Å². The Morgan fingerprint density at radius 1 is 1.29 bits per heavy atom. The summed E-state index contributed by atoms with van der Waals surface area (Å²) in [6.45, 7) is 4.95. The molecule has 0 saturated heterocycles. The predicted molar refractivity (Wildman–Crippen MR) is 79.0 cm³/mol. The molecule has 6 nitrogen and oxygen atoms in total. The minimum absolute atomic E-state index is 0.240. The van der Waals surface area contributed by atoms with Gasteiger partial charge in [-0.1, -0.05) is 26.0 Å². The highest BCUT2D eigenvalue weighted by Crippen LogP contribution is 2.33. The van der Waals surface area contributed by atoms with Gasteiger partial charge in [-0.3, -0.25) is 14.8 Å². The Kier molecular flexibility index (Phi) is 3.39. The van der Waals surface area contributed by atoms with Crippen LogP contribution < -0.4 is 21.3 Å². The number of hydrogen-bond acceptors (Lipinski definition) is 4. The number of rotatable bonds is 3. The first kappa shape index (κ1) is 13.6. The van der Waals surface area contributed by atoms with Gasteiger partial charge in [0.25, 0.3) is 5.56 Å². The number of H-pyrrole nitrogens is 2. The minimum atomic E-state index is -0.556. The molecule has 0 amide bonds. The maximum absolute atomic E-state index is 11.8. The van der Waals surface area contributed by atoms with E-state index in [0.717, 1.165) is 17.7 Å². The molecular weight excluding hydrogens is 270 g/mol. The third-order valence-corrected chi connectivity index (χ3v) is 3.42. The van der Waals surface area contributed by atoms with Gasteiger partial charge in [-0.25, -0.2) is 4.79 Å². The maximum Gasteiger partial charge on any atom is 0.328 e. The van der Waals surface area contributed by atoms with Crippen LogP contribution in [0.2, 0.25) is 0 Å². The molecule has 3 rings (SSSR count). The van der Waals surface area contributed by atoms with Gasteiger partial charge in [0.05, 0.1) is 5.56 Å². The second kappa shape index (κ2) is 5.21. The van der Waals surface area contributed by atoms with Crippen LogP contribution in [0.5, 0.6) is 11.6 Å². The molecule has 110 valence electrons. The monoisotopic (exact) mass is 287 g/mol. The number of aromatic nitrogens is 2. The second-order valence-corrected chi connectivity index (χ2v) is 5.47. The highest BCUT2D eigenvalue weighted by Gasteiger charge is 2.21. The van der Waals surface area contributed by atoms with Crippen LogP contribution in [0.25, 0.3) is 0 Å². The Morgan fingerprint density at radius 3 is 2.86 bits per heavy atom. The van der Waals surface area contributed by atoms with E-state index in [4.69, 9.17) is 4.74 Å². The normalized spacial score (nSPS) is 12.7. The molecule has 0 fully saturated rings. The van der Waals surface area contributed by atoms with E-state index >= 15 is 0 Å². The van der Waals surface area contributed by atoms with Crippen LogP contribution in [0, 0.1) is 0 Å². The lowest BCUT2D eigenvalue weighted by Crippen LogP contribution is -2.28. The van der Waals surface area contributed by atoms with Gasteiger partial charge in [-0.2, -0.15) is 0 Å². The van der Waals surface area contributed by atoms with Gasteiger partial charge in [0.15, 0.2) is 0 Å². The van der Waals surface area contributed by atoms with Crippen LogP contribution in [-0.4, -0.2) is 16.0 Å². The first-order valence-corrected chi connectivity index (χ1v) is 6.91. The third kappa shape index (κ3) is 2.75. The smallest absolute Gasteiger partial charge is 0.328 e. The average Bonchev–Trinajstić information content (AvgIpc) is 2.43. The van der Waals surface area contributed by atoms with Crippen molar-refractivity contribution in [3.8, 4) is 11.6 Å². The minimum Gasteiger partial charge on any atom is -0.440 e. The Morgan fingerprint density at radius 2 is 2.10 bits per heavy atom. The molecule has 1 aromatic heterocycles. The van der Waals surface area contributed by atoms with Crippen molar-refractivity contribution in [2.45, 2.75) is 32.9 Å². The second-order valence-electron chi connectivity index (χ2n) is 5.47. The molecule has 0 atom stereocenters. The van der Waals surface area contributed by atoms with Gasteiger partial charge in [0.2, 0.25) is 5.88 Å². The summed E-state index contributed by atoms with van der Waals surface area (Å²) in [5.74, 6) is 0.918. The fourth-order valence-electron chi connectivity index (χ4n) is 2.34. The van der Waals surface area contributed by atoms with Crippen LogP contribution >= 0.6 is 0 Å². The lowest BCUT2D eigenvalue weighted by Gasteiger charge is -2.19. The molecule has 0 radical (unpaired) electrons. The molecule has 0 unspecified atom stereocenters. The maximum atomic E-state index is 11.8. The highest BCUT2D eigenvalue weighted by atomic mass is 16.5. The van der Waals surface area contributed by atoms with E-state index in [-0.39, 0.29) is 5.88 Å². The summed E-state index contributed by atoms with van der Waals surface area (Å²) < 4.78 is 5.62. The molecule has 2 aromatic rings. The van der Waals surface area contributed by atoms with Gasteiger partial charge >= 0.3 is 5.69 Å². The van der Waals surface area contributed by atoms with Crippen molar-refractivity contribution >= 4 is 0 Å². The van der Waals surface area contributed by atoms with E-state index < -0.39 is 11.2 Å². The van der Waals surface area contributed by atoms with E-state index in [2.05, 4.69) is 29.1 Å². The quantitative estimate of drug-likeness (QED) is 0.677. The summed E-state index contributed by atoms with van der Waals surface area (Å²) in [6.07, 6.45) is 0.451. The van der Waals surface area contributed by atoms with E-state index in [9.17, 15) is 9.59 Å². The summed E-state index contributed by atoms with van der Waals surface area (Å²) >= 11 is 0. The summed E-state index contributed by atoms with van der Waals surface area (Å²) in [7, 11) is 0. The molecule has 3 N–H and O–H groups in total. The van der Waals surface area contributed by atoms with Crippen molar-refractivity contribution in [3.05, 3.63) is 55.7 Å². The molecule has 0 saturated carbocycles. The van der Waals surface area contributed by atoms with E-state index in [1.165, 1.54) is 0 Å². The molecule has 1 aliphatic rings. The summed E-state index contributed by atoms with van der Waals surface area (Å²) in [5.41, 5.74) is 1.58. The van der Waals surface area contributed by atoms with E-state index in [0.29, 0.717) is 23.8 Å². The van der Waals surface area contributed by atoms with Crippen molar-refractivity contribution in [2.24, 2.45) is 0 Å². The Bertz CT molecular complexity index is 789. The topological polar surface area (TPSA) is 87.0 Å². The molecule has 21 heavy (non-hydrogen) atoms. The molecule has 0 spiro atoms. The standard InChI is InChI=1S/C15H17N3O3/c1-8(2)16-7-9-3-4-12-10(5-9)6-11-13(19)17-15(20)18-14(11)21-12/h3-5,8,16H,6-7H2,1-2H3,(H2,17,18,19,20). The predicted octanol–water partition coefficient (Wildman–Crippen LogP) is 1.26. The summed E-state index contributed by atoms with van der Waals surface area (Å²) in [4.78, 5) is 27.8. The molecular formula is C15H17N3O3. The zero-order valence-electron chi connectivity index (χ0n) is 11.9. The van der Waals surface area contributed by atoms with Crippen molar-refractivity contribution < 1.29 is 4.74 Å². The SMILES string of the molecule is CC(C)NCc1ccc2c(c1)Cc1c([nH]c(=O)[nH]c1=O)O2. The fourth-order valence-corrected chi connectivity index (χ4v) is 2.34. The molecule has 0 bridgehead atoms. The zero-order valence-corrected chi connectivity index (χ0v) is 11.9. The van der Waals surface area contributed by atoms with Crippen LogP contribution in [0.15, 0.2) is 27.8 Å². The highest BCUT2D eigenvalue weighted by molar-refractivity contribution is 5.47. The number of ether oxygens (including phenoxy) is 1. The number of benzene rings is 1. The molecule has 1 aromatic carbocycles. The molecule has 0 aliphatic carbocycles. The summed E-state index contributed by atoms with van der Waals surface area (Å²) in [6, 6.07) is 6.28. The van der Waals surface area contributed by atoms with Gasteiger partial charge in [-0.15, -0.1) is 0 Å². The average molecular weight is 287 g/mol. The van der Waals surface area contributed by atoms with Gasteiger partial charge in [0.1, 0.15) is 5.75 Å². The van der Waals surface area contributed by atoms with E-state index in [1.807, 2.05) is 18.2 Å². The van der Waals surface area contributed by atoms with Gasteiger partial charge < -0.3 is 10.1 Å². The van der Waals surface area contributed by atoms with E-state index in [1.54, 1.807) is 0 Å². The third-order valence-electron chi connectivity index (χ3n) is 3.42. The molecule has 1 aliphatic heterocycles. The van der Waals surface area contributed by atoms with Gasteiger partial charge in [-0.05, 0) is 17.2 Å². The van der Waals surface area contributed by atoms with Crippen molar-refractivity contribution in [1.82, 2.24) is 15.3 Å².